The molecule has 18 heavy (non-hydrogen) atoms. The lowest BCUT2D eigenvalue weighted by Gasteiger charge is -2.18. The maximum absolute atomic E-state index is 9.77. The molecule has 1 aromatic heterocycles. The monoisotopic (exact) mass is 273 g/mol. The van der Waals surface area contributed by atoms with Crippen LogP contribution in [0.3, 0.4) is 0 Å². The summed E-state index contributed by atoms with van der Waals surface area (Å²) in [5.41, 5.74) is 0. The van der Waals surface area contributed by atoms with E-state index in [1.807, 2.05) is 0 Å². The molecule has 4 nitrogen and oxygen atoms in total. The fourth-order valence-corrected chi connectivity index (χ4v) is 2.52. The van der Waals surface area contributed by atoms with Gasteiger partial charge in [-0.2, -0.15) is 0 Å². The molecular formula is C13H23NO3S. The van der Waals surface area contributed by atoms with E-state index in [2.05, 4.69) is 29.8 Å². The molecule has 0 amide bonds. The predicted molar refractivity (Wildman–Crippen MR) is 74.1 cm³/mol. The molecule has 0 radical (unpaired) electrons. The fraction of sp³-hybridized carbons (Fsp3) is 0.692. The van der Waals surface area contributed by atoms with Gasteiger partial charge in [0, 0.05) is 24.6 Å². The van der Waals surface area contributed by atoms with Crippen molar-refractivity contribution in [2.75, 3.05) is 33.5 Å². The summed E-state index contributed by atoms with van der Waals surface area (Å²) >= 11 is 1.74. The number of ether oxygens (including phenoxy) is 2. The number of thiophene rings is 1. The molecule has 1 heterocycles. The van der Waals surface area contributed by atoms with Crippen molar-refractivity contribution in [3.8, 4) is 0 Å². The molecule has 1 aromatic rings. The van der Waals surface area contributed by atoms with E-state index in [-0.39, 0.29) is 0 Å². The molecule has 2 N–H and O–H groups in total. The third kappa shape index (κ3) is 5.93. The summed E-state index contributed by atoms with van der Waals surface area (Å²) in [6.45, 7) is 4.11. The zero-order valence-electron chi connectivity index (χ0n) is 11.1. The SMILES string of the molecule is CCC(NCC(O)COCCOC)c1cccs1. The Balaban J connectivity index is 2.18. The number of hydrogen-bond acceptors (Lipinski definition) is 5. The van der Waals surface area contributed by atoms with Crippen LogP contribution >= 0.6 is 11.3 Å². The summed E-state index contributed by atoms with van der Waals surface area (Å²) in [6.07, 6.45) is 0.536. The predicted octanol–water partition coefficient (Wildman–Crippen LogP) is 1.81. The highest BCUT2D eigenvalue weighted by Crippen LogP contribution is 2.21. The van der Waals surface area contributed by atoms with Crippen molar-refractivity contribution in [1.29, 1.82) is 0 Å². The highest BCUT2D eigenvalue weighted by molar-refractivity contribution is 7.10. The summed E-state index contributed by atoms with van der Waals surface area (Å²) in [5.74, 6) is 0. The Labute approximate surface area is 113 Å². The van der Waals surface area contributed by atoms with Gasteiger partial charge in [0.1, 0.15) is 0 Å². The number of rotatable bonds is 10. The first-order valence-corrected chi connectivity index (χ1v) is 7.17. The molecule has 104 valence electrons. The molecule has 1 rings (SSSR count). The van der Waals surface area contributed by atoms with E-state index in [0.717, 1.165) is 6.42 Å². The summed E-state index contributed by atoms with van der Waals surface area (Å²) in [6, 6.07) is 4.49. The van der Waals surface area contributed by atoms with Gasteiger partial charge in [-0.15, -0.1) is 11.3 Å². The first-order valence-electron chi connectivity index (χ1n) is 6.29. The van der Waals surface area contributed by atoms with Crippen molar-refractivity contribution < 1.29 is 14.6 Å². The minimum Gasteiger partial charge on any atom is -0.389 e. The van der Waals surface area contributed by atoms with Gasteiger partial charge in [0.15, 0.2) is 0 Å². The zero-order chi connectivity index (χ0) is 13.2. The number of nitrogens with one attached hydrogen (secondary N) is 1. The fourth-order valence-electron chi connectivity index (χ4n) is 1.63. The summed E-state index contributed by atoms with van der Waals surface area (Å²) in [5, 5.41) is 15.2. The van der Waals surface area contributed by atoms with Crippen molar-refractivity contribution >= 4 is 11.3 Å². The largest absolute Gasteiger partial charge is 0.389 e. The van der Waals surface area contributed by atoms with Crippen LogP contribution in [0.2, 0.25) is 0 Å². The third-order valence-electron chi connectivity index (χ3n) is 2.64. The Morgan fingerprint density at radius 2 is 2.28 bits per heavy atom. The van der Waals surface area contributed by atoms with Gasteiger partial charge in [0.05, 0.1) is 25.9 Å². The van der Waals surface area contributed by atoms with Crippen LogP contribution in [0.1, 0.15) is 24.3 Å². The standard InChI is InChI=1S/C13H23NO3S/c1-3-12(13-5-4-8-18-13)14-9-11(15)10-17-7-6-16-2/h4-5,8,11-12,14-15H,3,6-7,9-10H2,1-2H3. The Hall–Kier alpha value is -0.460. The Morgan fingerprint density at radius 1 is 1.44 bits per heavy atom. The number of hydrogen-bond donors (Lipinski definition) is 2. The van der Waals surface area contributed by atoms with Crippen LogP contribution in [-0.4, -0.2) is 44.7 Å². The normalized spacial score (nSPS) is 14.6. The van der Waals surface area contributed by atoms with Gasteiger partial charge in [-0.1, -0.05) is 13.0 Å². The lowest BCUT2D eigenvalue weighted by molar-refractivity contribution is 0.0129. The van der Waals surface area contributed by atoms with Gasteiger partial charge >= 0.3 is 0 Å². The molecule has 0 aliphatic heterocycles. The van der Waals surface area contributed by atoms with Crippen molar-refractivity contribution in [2.45, 2.75) is 25.5 Å². The Kier molecular flexibility index (Phi) is 8.20. The maximum Gasteiger partial charge on any atom is 0.0897 e. The molecule has 2 unspecified atom stereocenters. The summed E-state index contributed by atoms with van der Waals surface area (Å²) < 4.78 is 10.1. The average Bonchev–Trinajstić information content (AvgIpc) is 2.89. The van der Waals surface area contributed by atoms with E-state index in [1.54, 1.807) is 18.4 Å². The van der Waals surface area contributed by atoms with Crippen LogP contribution in [-0.2, 0) is 9.47 Å². The maximum atomic E-state index is 9.77. The van der Waals surface area contributed by atoms with Crippen LogP contribution in [0.4, 0.5) is 0 Å². The van der Waals surface area contributed by atoms with E-state index in [0.29, 0.717) is 32.4 Å². The van der Waals surface area contributed by atoms with Gasteiger partial charge < -0.3 is 19.9 Å². The van der Waals surface area contributed by atoms with Gasteiger partial charge in [-0.25, -0.2) is 0 Å². The second-order valence-electron chi connectivity index (χ2n) is 4.11. The first-order chi connectivity index (χ1) is 8.77. The molecule has 2 atom stereocenters. The van der Waals surface area contributed by atoms with Crippen LogP contribution in [0.15, 0.2) is 17.5 Å². The highest BCUT2D eigenvalue weighted by Gasteiger charge is 2.12. The number of aliphatic hydroxyl groups is 1. The molecule has 0 aliphatic carbocycles. The van der Waals surface area contributed by atoms with Gasteiger partial charge in [-0.05, 0) is 17.9 Å². The van der Waals surface area contributed by atoms with Gasteiger partial charge in [0.25, 0.3) is 0 Å². The average molecular weight is 273 g/mol. The molecule has 0 aliphatic rings. The van der Waals surface area contributed by atoms with Gasteiger partial charge in [0.2, 0.25) is 0 Å². The van der Waals surface area contributed by atoms with E-state index >= 15 is 0 Å². The number of aliphatic hydroxyl groups excluding tert-OH is 1. The van der Waals surface area contributed by atoms with Crippen molar-refractivity contribution in [3.63, 3.8) is 0 Å². The lowest BCUT2D eigenvalue weighted by Crippen LogP contribution is -2.33. The van der Waals surface area contributed by atoms with E-state index in [1.165, 1.54) is 4.88 Å². The molecule has 0 spiro atoms. The quantitative estimate of drug-likeness (QED) is 0.638. The molecular weight excluding hydrogens is 250 g/mol. The van der Waals surface area contributed by atoms with Crippen LogP contribution in [0.5, 0.6) is 0 Å². The molecule has 0 saturated carbocycles. The topological polar surface area (TPSA) is 50.7 Å². The van der Waals surface area contributed by atoms with Crippen LogP contribution in [0.25, 0.3) is 0 Å². The minimum atomic E-state index is -0.476. The minimum absolute atomic E-state index is 0.318. The van der Waals surface area contributed by atoms with Crippen molar-refractivity contribution in [2.24, 2.45) is 0 Å². The summed E-state index contributed by atoms with van der Waals surface area (Å²) in [4.78, 5) is 1.31. The van der Waals surface area contributed by atoms with Crippen molar-refractivity contribution in [3.05, 3.63) is 22.4 Å². The first kappa shape index (κ1) is 15.6. The second-order valence-corrected chi connectivity index (χ2v) is 5.09. The van der Waals surface area contributed by atoms with E-state index in [4.69, 9.17) is 9.47 Å². The Morgan fingerprint density at radius 3 is 2.89 bits per heavy atom. The van der Waals surface area contributed by atoms with Crippen LogP contribution < -0.4 is 5.32 Å². The zero-order valence-corrected chi connectivity index (χ0v) is 11.9. The third-order valence-corrected chi connectivity index (χ3v) is 3.62. The Bertz CT molecular complexity index is 292. The summed E-state index contributed by atoms with van der Waals surface area (Å²) in [7, 11) is 1.63. The number of methoxy groups -OCH3 is 1. The molecule has 0 fully saturated rings. The molecule has 5 heteroatoms. The lowest BCUT2D eigenvalue weighted by atomic mass is 10.2. The van der Waals surface area contributed by atoms with E-state index in [9.17, 15) is 5.11 Å². The second kappa shape index (κ2) is 9.47. The highest BCUT2D eigenvalue weighted by atomic mass is 32.1. The molecule has 0 aromatic carbocycles. The van der Waals surface area contributed by atoms with Crippen molar-refractivity contribution in [1.82, 2.24) is 5.32 Å². The smallest absolute Gasteiger partial charge is 0.0897 e. The molecule has 0 bridgehead atoms. The van der Waals surface area contributed by atoms with Crippen LogP contribution in [0, 0.1) is 0 Å². The molecule has 0 saturated heterocycles. The van der Waals surface area contributed by atoms with E-state index < -0.39 is 6.10 Å². The van der Waals surface area contributed by atoms with Gasteiger partial charge in [-0.3, -0.25) is 0 Å².